The van der Waals surface area contributed by atoms with Crippen LogP contribution in [0.25, 0.3) is 10.8 Å². The fourth-order valence-corrected chi connectivity index (χ4v) is 5.82. The zero-order valence-electron chi connectivity index (χ0n) is 18.0. The Balaban J connectivity index is 1.59. The van der Waals surface area contributed by atoms with Crippen molar-refractivity contribution in [1.29, 1.82) is 0 Å². The second kappa shape index (κ2) is 7.64. The molecule has 0 aliphatic carbocycles. The van der Waals surface area contributed by atoms with E-state index in [-0.39, 0.29) is 15.4 Å². The van der Waals surface area contributed by atoms with Crippen molar-refractivity contribution in [2.45, 2.75) is 31.6 Å². The quantitative estimate of drug-likeness (QED) is 0.493. The molecule has 0 fully saturated rings. The van der Waals surface area contributed by atoms with Crippen LogP contribution in [0.2, 0.25) is 0 Å². The predicted molar refractivity (Wildman–Crippen MR) is 126 cm³/mol. The summed E-state index contributed by atoms with van der Waals surface area (Å²) >= 11 is 0. The van der Waals surface area contributed by atoms with Gasteiger partial charge in [-0.05, 0) is 54.0 Å². The van der Waals surface area contributed by atoms with Gasteiger partial charge in [0.05, 0.1) is 16.1 Å². The number of sulfone groups is 1. The number of allylic oxidation sites excluding steroid dienone is 3. The second-order valence-electron chi connectivity index (χ2n) is 8.11. The molecule has 162 valence electrons. The van der Waals surface area contributed by atoms with Gasteiger partial charge in [-0.2, -0.15) is 0 Å². The number of nitrogens with zero attached hydrogens (tertiary/aromatic N) is 1. The summed E-state index contributed by atoms with van der Waals surface area (Å²) in [7, 11) is -3.89. The molecule has 2 aliphatic rings. The number of anilines is 1. The molecule has 3 aromatic carbocycles. The minimum Gasteiger partial charge on any atom is -0.439 e. The summed E-state index contributed by atoms with van der Waals surface area (Å²) < 4.78 is 32.4. The highest BCUT2D eigenvalue weighted by molar-refractivity contribution is 7.97. The van der Waals surface area contributed by atoms with Crippen molar-refractivity contribution in [2.75, 3.05) is 11.4 Å². The van der Waals surface area contributed by atoms with Crippen LogP contribution in [0.15, 0.2) is 82.4 Å². The lowest BCUT2D eigenvalue weighted by Crippen LogP contribution is -2.21. The normalized spacial score (nSPS) is 18.9. The Bertz CT molecular complexity index is 1430. The molecule has 32 heavy (non-hydrogen) atoms. The van der Waals surface area contributed by atoms with E-state index >= 15 is 0 Å². The van der Waals surface area contributed by atoms with Gasteiger partial charge >= 0.3 is 0 Å². The number of unbranched alkanes of at least 4 members (excludes halogenated alkanes) is 1. The van der Waals surface area contributed by atoms with E-state index in [2.05, 4.69) is 13.0 Å². The summed E-state index contributed by atoms with van der Waals surface area (Å²) in [5.74, 6) is 0.779. The summed E-state index contributed by atoms with van der Waals surface area (Å²) in [5, 5.41) is 1.49. The average Bonchev–Trinajstić information content (AvgIpc) is 3.22. The number of carbonyl (C=O) groups excluding carboxylic acids is 1. The number of ketones is 1. The zero-order valence-corrected chi connectivity index (χ0v) is 18.8. The Labute approximate surface area is 187 Å². The average molecular weight is 446 g/mol. The highest BCUT2D eigenvalue weighted by Gasteiger charge is 2.40. The molecule has 0 amide bonds. The molecule has 0 saturated carbocycles. The van der Waals surface area contributed by atoms with Crippen molar-refractivity contribution in [2.24, 2.45) is 0 Å². The molecule has 5 rings (SSSR count). The number of benzene rings is 3. The van der Waals surface area contributed by atoms with Gasteiger partial charge in [0.2, 0.25) is 21.5 Å². The molecule has 0 bridgehead atoms. The van der Waals surface area contributed by atoms with E-state index in [0.29, 0.717) is 11.3 Å². The topological polar surface area (TPSA) is 63.7 Å². The van der Waals surface area contributed by atoms with Gasteiger partial charge in [0.1, 0.15) is 4.91 Å². The lowest BCUT2D eigenvalue weighted by atomic mass is 10.0. The van der Waals surface area contributed by atoms with Crippen LogP contribution >= 0.6 is 0 Å². The summed E-state index contributed by atoms with van der Waals surface area (Å²) in [6.07, 6.45) is 4.96. The van der Waals surface area contributed by atoms with Crippen LogP contribution in [0.3, 0.4) is 0 Å². The van der Waals surface area contributed by atoms with Crippen LogP contribution < -0.4 is 9.64 Å². The summed E-state index contributed by atoms with van der Waals surface area (Å²) in [4.78, 5) is 15.1. The fraction of sp³-hybridized carbons (Fsp3) is 0.192. The monoisotopic (exact) mass is 445 g/mol. The number of rotatable bonds is 4. The van der Waals surface area contributed by atoms with Gasteiger partial charge < -0.3 is 9.64 Å². The van der Waals surface area contributed by atoms with Crippen LogP contribution in [0, 0.1) is 6.92 Å². The van der Waals surface area contributed by atoms with Crippen LogP contribution in [0.5, 0.6) is 5.75 Å². The van der Waals surface area contributed by atoms with Gasteiger partial charge in [0.15, 0.2) is 5.75 Å². The van der Waals surface area contributed by atoms with Crippen LogP contribution in [0.4, 0.5) is 5.69 Å². The fourth-order valence-electron chi connectivity index (χ4n) is 4.27. The zero-order chi connectivity index (χ0) is 22.5. The van der Waals surface area contributed by atoms with E-state index in [9.17, 15) is 13.2 Å². The lowest BCUT2D eigenvalue weighted by Gasteiger charge is -2.17. The van der Waals surface area contributed by atoms with E-state index in [0.717, 1.165) is 41.8 Å². The Morgan fingerprint density at radius 3 is 2.66 bits per heavy atom. The van der Waals surface area contributed by atoms with Crippen molar-refractivity contribution in [3.8, 4) is 5.75 Å². The standard InChI is InChI=1S/C26H23NO4S/c1-3-4-15-27-20-16-17(2)9-11-21(20)31-24(27)14-13-23-26(28)25-19-8-6-5-7-18(19)10-12-22(25)32(23,29)30/h5-14,16H,3-4,15H2,1-2H3/b23-13-,24-14-. The second-order valence-corrected chi connectivity index (χ2v) is 9.99. The molecule has 0 spiro atoms. The summed E-state index contributed by atoms with van der Waals surface area (Å²) in [6, 6.07) is 16.5. The molecule has 0 N–H and O–H groups in total. The highest BCUT2D eigenvalue weighted by Crippen LogP contribution is 2.41. The van der Waals surface area contributed by atoms with E-state index in [1.165, 1.54) is 12.1 Å². The first-order valence-electron chi connectivity index (χ1n) is 10.7. The van der Waals surface area contributed by atoms with Gasteiger partial charge in [-0.3, -0.25) is 4.79 Å². The SMILES string of the molecule is CCCCN1/C(=C/C=C2/C(=O)c3c(ccc4ccccc34)S2(=O)=O)Oc2ccc(C)cc21. The molecular formula is C26H23NO4S. The minimum absolute atomic E-state index is 0.0694. The highest BCUT2D eigenvalue weighted by atomic mass is 32.2. The van der Waals surface area contributed by atoms with Crippen molar-refractivity contribution < 1.29 is 17.9 Å². The maximum absolute atomic E-state index is 13.2. The Hall–Kier alpha value is -3.38. The number of fused-ring (bicyclic) bond motifs is 4. The minimum atomic E-state index is -3.89. The third-order valence-electron chi connectivity index (χ3n) is 5.92. The molecule has 0 saturated heterocycles. The number of hydrogen-bond acceptors (Lipinski definition) is 5. The summed E-state index contributed by atoms with van der Waals surface area (Å²) in [5.41, 5.74) is 2.32. The third kappa shape index (κ3) is 3.14. The van der Waals surface area contributed by atoms with E-state index in [1.54, 1.807) is 18.2 Å². The van der Waals surface area contributed by atoms with Gasteiger partial charge in [0, 0.05) is 12.6 Å². The number of hydrogen-bond donors (Lipinski definition) is 0. The van der Waals surface area contributed by atoms with Crippen LogP contribution in [0.1, 0.15) is 35.7 Å². The van der Waals surface area contributed by atoms with E-state index in [4.69, 9.17) is 4.74 Å². The predicted octanol–water partition coefficient (Wildman–Crippen LogP) is 5.54. The Morgan fingerprint density at radius 1 is 1.03 bits per heavy atom. The number of Topliss-reactive ketones (excluding diaryl/α,β-unsaturated/α-hetero) is 1. The van der Waals surface area contributed by atoms with Crippen molar-refractivity contribution in [3.63, 3.8) is 0 Å². The molecule has 3 aromatic rings. The molecule has 2 aliphatic heterocycles. The van der Waals surface area contributed by atoms with Crippen molar-refractivity contribution >= 4 is 32.1 Å². The first kappa shape index (κ1) is 20.5. The van der Waals surface area contributed by atoms with Crippen molar-refractivity contribution in [3.05, 3.63) is 88.7 Å². The number of aryl methyl sites for hydroxylation is 1. The lowest BCUT2D eigenvalue weighted by molar-refractivity contribution is 0.104. The van der Waals surface area contributed by atoms with Gasteiger partial charge in [-0.1, -0.05) is 49.7 Å². The molecule has 2 heterocycles. The number of carbonyl (C=O) groups is 1. The Morgan fingerprint density at radius 2 is 1.84 bits per heavy atom. The molecule has 5 nitrogen and oxygen atoms in total. The largest absolute Gasteiger partial charge is 0.439 e. The molecular weight excluding hydrogens is 422 g/mol. The number of ether oxygens (including phenoxy) is 1. The molecule has 0 radical (unpaired) electrons. The van der Waals surface area contributed by atoms with Crippen molar-refractivity contribution in [1.82, 2.24) is 0 Å². The van der Waals surface area contributed by atoms with Gasteiger partial charge in [-0.25, -0.2) is 8.42 Å². The molecule has 0 unspecified atom stereocenters. The maximum Gasteiger partial charge on any atom is 0.211 e. The third-order valence-corrected chi connectivity index (χ3v) is 7.74. The van der Waals surface area contributed by atoms with Crippen LogP contribution in [-0.4, -0.2) is 20.7 Å². The van der Waals surface area contributed by atoms with E-state index < -0.39 is 15.6 Å². The first-order valence-corrected chi connectivity index (χ1v) is 12.2. The van der Waals surface area contributed by atoms with Gasteiger partial charge in [-0.15, -0.1) is 0 Å². The summed E-state index contributed by atoms with van der Waals surface area (Å²) in [6.45, 7) is 4.88. The molecule has 0 aromatic heterocycles. The molecule has 6 heteroatoms. The van der Waals surface area contributed by atoms with Gasteiger partial charge in [0.25, 0.3) is 0 Å². The smallest absolute Gasteiger partial charge is 0.211 e. The van der Waals surface area contributed by atoms with Crippen LogP contribution in [-0.2, 0) is 9.84 Å². The van der Waals surface area contributed by atoms with E-state index in [1.807, 2.05) is 42.2 Å². The maximum atomic E-state index is 13.2. The molecule has 0 atom stereocenters. The first-order chi connectivity index (χ1) is 15.4. The Kier molecular flexibility index (Phi) is 4.90.